The minimum atomic E-state index is -0.215. The smallest absolute Gasteiger partial charge is 0.270 e. The first kappa shape index (κ1) is 19.5. The Kier molecular flexibility index (Phi) is 5.66. The van der Waals surface area contributed by atoms with E-state index in [1.54, 1.807) is 12.3 Å². The molecule has 6 nitrogen and oxygen atoms in total. The van der Waals surface area contributed by atoms with Crippen LogP contribution >= 0.6 is 0 Å². The van der Waals surface area contributed by atoms with E-state index in [0.29, 0.717) is 18.1 Å². The number of carbonyl (C=O) groups is 1. The fourth-order valence-corrected chi connectivity index (χ4v) is 3.21. The standard InChI is InChI=1S/C24H23N5O/c1-16-8-10-20(12-16)28-22-13-17(2)27-23(29-22)19-9-11-21(25-15-19)24(30)26-14-18-6-4-3-5-7-18/h3-13,15,20H,14H2,1-2H3,(H,26,30)(H,27,28,29). The second-order valence-corrected chi connectivity index (χ2v) is 7.26. The molecule has 6 heteroatoms. The van der Waals surface area contributed by atoms with Crippen LogP contribution in [0.15, 0.2) is 78.5 Å². The Morgan fingerprint density at radius 1 is 1.07 bits per heavy atom. The highest BCUT2D eigenvalue weighted by atomic mass is 16.1. The van der Waals surface area contributed by atoms with E-state index in [2.05, 4.69) is 50.7 Å². The van der Waals surface area contributed by atoms with E-state index < -0.39 is 0 Å². The molecule has 1 atom stereocenters. The second-order valence-electron chi connectivity index (χ2n) is 7.26. The molecule has 2 aromatic heterocycles. The minimum absolute atomic E-state index is 0.126. The molecule has 0 saturated carbocycles. The maximum Gasteiger partial charge on any atom is 0.270 e. The Balaban J connectivity index is 1.45. The largest absolute Gasteiger partial charge is 0.360 e. The molecule has 4 rings (SSSR count). The van der Waals surface area contributed by atoms with Gasteiger partial charge in [0.05, 0.1) is 6.04 Å². The summed E-state index contributed by atoms with van der Waals surface area (Å²) in [5.74, 6) is 1.11. The Morgan fingerprint density at radius 3 is 2.60 bits per heavy atom. The third-order valence-corrected chi connectivity index (χ3v) is 4.73. The van der Waals surface area contributed by atoms with E-state index in [9.17, 15) is 4.79 Å². The lowest BCUT2D eigenvalue weighted by Gasteiger charge is -2.12. The highest BCUT2D eigenvalue weighted by Gasteiger charge is 2.12. The van der Waals surface area contributed by atoms with Crippen molar-refractivity contribution in [3.8, 4) is 11.4 Å². The van der Waals surface area contributed by atoms with Crippen molar-refractivity contribution in [3.05, 3.63) is 95.5 Å². The Hall–Kier alpha value is -3.80. The van der Waals surface area contributed by atoms with Crippen molar-refractivity contribution in [1.29, 1.82) is 0 Å². The Bertz CT molecular complexity index is 1100. The SMILES string of the molecule is CC1=CC(Nc2cc(C)nc(-c3ccc(C(=O)NCc4ccccc4)nc3)n2)C=C1. The van der Waals surface area contributed by atoms with Gasteiger partial charge in [0.25, 0.3) is 5.91 Å². The number of carbonyl (C=O) groups excluding carboxylic acids is 1. The van der Waals surface area contributed by atoms with Gasteiger partial charge in [-0.05, 0) is 31.5 Å². The monoisotopic (exact) mass is 397 g/mol. The first-order valence-electron chi connectivity index (χ1n) is 9.84. The van der Waals surface area contributed by atoms with Crippen molar-refractivity contribution in [3.63, 3.8) is 0 Å². The lowest BCUT2D eigenvalue weighted by molar-refractivity contribution is 0.0946. The minimum Gasteiger partial charge on any atom is -0.360 e. The summed E-state index contributed by atoms with van der Waals surface area (Å²) in [4.78, 5) is 25.8. The van der Waals surface area contributed by atoms with Crippen molar-refractivity contribution >= 4 is 11.7 Å². The normalized spacial score (nSPS) is 15.0. The zero-order chi connectivity index (χ0) is 20.9. The van der Waals surface area contributed by atoms with E-state index >= 15 is 0 Å². The number of hydrogen-bond donors (Lipinski definition) is 2. The molecule has 0 saturated heterocycles. The van der Waals surface area contributed by atoms with Crippen LogP contribution in [0.3, 0.4) is 0 Å². The van der Waals surface area contributed by atoms with Gasteiger partial charge in [-0.1, -0.05) is 54.1 Å². The van der Waals surface area contributed by atoms with Crippen molar-refractivity contribution in [1.82, 2.24) is 20.3 Å². The number of pyridine rings is 1. The number of aryl methyl sites for hydroxylation is 1. The number of anilines is 1. The molecule has 0 spiro atoms. The molecular weight excluding hydrogens is 374 g/mol. The number of rotatable bonds is 6. The average Bonchev–Trinajstić information content (AvgIpc) is 3.17. The summed E-state index contributed by atoms with van der Waals surface area (Å²) in [5, 5.41) is 6.27. The molecule has 1 aliphatic carbocycles. The van der Waals surface area contributed by atoms with E-state index in [1.165, 1.54) is 5.57 Å². The second kappa shape index (κ2) is 8.69. The molecule has 30 heavy (non-hydrogen) atoms. The van der Waals surface area contributed by atoms with Crippen LogP contribution in [-0.4, -0.2) is 26.9 Å². The lowest BCUT2D eigenvalue weighted by Crippen LogP contribution is -2.23. The molecular formula is C24H23N5O. The molecule has 0 fully saturated rings. The lowest BCUT2D eigenvalue weighted by atomic mass is 10.2. The molecule has 0 radical (unpaired) electrons. The van der Waals surface area contributed by atoms with Crippen LogP contribution in [0.25, 0.3) is 11.4 Å². The number of benzene rings is 1. The van der Waals surface area contributed by atoms with Gasteiger partial charge in [0, 0.05) is 30.1 Å². The molecule has 2 N–H and O–H groups in total. The summed E-state index contributed by atoms with van der Waals surface area (Å²) >= 11 is 0. The van der Waals surface area contributed by atoms with E-state index in [0.717, 1.165) is 22.6 Å². The van der Waals surface area contributed by atoms with Gasteiger partial charge in [0.2, 0.25) is 0 Å². The van der Waals surface area contributed by atoms with E-state index in [-0.39, 0.29) is 11.9 Å². The van der Waals surface area contributed by atoms with Gasteiger partial charge in [0.15, 0.2) is 5.82 Å². The van der Waals surface area contributed by atoms with Crippen LogP contribution in [-0.2, 0) is 6.54 Å². The van der Waals surface area contributed by atoms with Gasteiger partial charge in [-0.2, -0.15) is 0 Å². The first-order chi connectivity index (χ1) is 14.6. The van der Waals surface area contributed by atoms with Gasteiger partial charge in [0.1, 0.15) is 11.5 Å². The summed E-state index contributed by atoms with van der Waals surface area (Å²) < 4.78 is 0. The van der Waals surface area contributed by atoms with Crippen LogP contribution in [0.5, 0.6) is 0 Å². The molecule has 150 valence electrons. The first-order valence-corrected chi connectivity index (χ1v) is 9.84. The summed E-state index contributed by atoms with van der Waals surface area (Å²) in [5.41, 5.74) is 4.24. The summed E-state index contributed by atoms with van der Waals surface area (Å²) in [6.07, 6.45) is 7.95. The number of aromatic nitrogens is 3. The summed E-state index contributed by atoms with van der Waals surface area (Å²) in [6.45, 7) is 4.46. The highest BCUT2D eigenvalue weighted by Crippen LogP contribution is 2.20. The van der Waals surface area contributed by atoms with Gasteiger partial charge in [-0.15, -0.1) is 0 Å². The van der Waals surface area contributed by atoms with Gasteiger partial charge >= 0.3 is 0 Å². The molecule has 1 unspecified atom stereocenters. The topological polar surface area (TPSA) is 79.8 Å². The predicted octanol–water partition coefficient (Wildman–Crippen LogP) is 4.07. The van der Waals surface area contributed by atoms with Crippen LogP contribution in [0.4, 0.5) is 5.82 Å². The highest BCUT2D eigenvalue weighted by molar-refractivity contribution is 5.92. The van der Waals surface area contributed by atoms with Crippen LogP contribution in [0.2, 0.25) is 0 Å². The van der Waals surface area contributed by atoms with Crippen molar-refractivity contribution in [2.45, 2.75) is 26.4 Å². The quantitative estimate of drug-likeness (QED) is 0.655. The van der Waals surface area contributed by atoms with E-state index in [4.69, 9.17) is 0 Å². The predicted molar refractivity (Wildman–Crippen MR) is 118 cm³/mol. The van der Waals surface area contributed by atoms with Crippen molar-refractivity contribution in [2.24, 2.45) is 0 Å². The fraction of sp³-hybridized carbons (Fsp3) is 0.167. The molecule has 1 aliphatic rings. The van der Waals surface area contributed by atoms with Crippen LogP contribution < -0.4 is 10.6 Å². The van der Waals surface area contributed by atoms with Gasteiger partial charge in [-0.3, -0.25) is 9.78 Å². The number of nitrogens with one attached hydrogen (secondary N) is 2. The molecule has 1 aromatic carbocycles. The number of nitrogens with zero attached hydrogens (tertiary/aromatic N) is 3. The average molecular weight is 397 g/mol. The van der Waals surface area contributed by atoms with Crippen LogP contribution in [0, 0.1) is 6.92 Å². The molecule has 3 aromatic rings. The van der Waals surface area contributed by atoms with Crippen molar-refractivity contribution < 1.29 is 4.79 Å². The van der Waals surface area contributed by atoms with Crippen LogP contribution in [0.1, 0.15) is 28.7 Å². The Morgan fingerprint density at radius 2 is 1.90 bits per heavy atom. The number of allylic oxidation sites excluding steroid dienone is 2. The van der Waals surface area contributed by atoms with Gasteiger partial charge in [-0.25, -0.2) is 9.97 Å². The zero-order valence-electron chi connectivity index (χ0n) is 17.0. The molecule has 0 aliphatic heterocycles. The Labute approximate surface area is 175 Å². The number of amides is 1. The molecule has 2 heterocycles. The fourth-order valence-electron chi connectivity index (χ4n) is 3.21. The number of hydrogen-bond acceptors (Lipinski definition) is 5. The summed E-state index contributed by atoms with van der Waals surface area (Å²) in [7, 11) is 0. The summed E-state index contributed by atoms with van der Waals surface area (Å²) in [6, 6.07) is 15.3. The van der Waals surface area contributed by atoms with Gasteiger partial charge < -0.3 is 10.6 Å². The molecule has 0 bridgehead atoms. The van der Waals surface area contributed by atoms with Crippen molar-refractivity contribution in [2.75, 3.05) is 5.32 Å². The molecule has 1 amide bonds. The maximum atomic E-state index is 12.4. The van der Waals surface area contributed by atoms with E-state index in [1.807, 2.05) is 49.4 Å². The maximum absolute atomic E-state index is 12.4. The zero-order valence-corrected chi connectivity index (χ0v) is 17.0. The third kappa shape index (κ3) is 4.78. The third-order valence-electron chi connectivity index (χ3n) is 4.73.